The van der Waals surface area contributed by atoms with Crippen LogP contribution in [-0.4, -0.2) is 86.9 Å². The lowest BCUT2D eigenvalue weighted by atomic mass is 10.1. The van der Waals surface area contributed by atoms with Gasteiger partial charge in [0.05, 0.1) is 10.9 Å². The largest absolute Gasteiger partial charge is 0.490 e. The predicted molar refractivity (Wildman–Crippen MR) is 139 cm³/mol. The standard InChI is InChI=1S/C21H27ClN4O3S2.C2HF3O2/c1-25(15-11-16-5-7-17(8-6-16)21-23-12-13-24-21)19(27)4-3-14-26(2)31(28,29)20-10-9-18(22)30-20;3-2(4,5)1(6)7/h5-10H,3-4,11-15H2,1-2H3,(H,23,24);(H,6,7). The summed E-state index contributed by atoms with van der Waals surface area (Å²) >= 11 is 6.87. The number of halogens is 4. The Morgan fingerprint density at radius 2 is 1.76 bits per heavy atom. The van der Waals surface area contributed by atoms with Gasteiger partial charge in [-0.05, 0) is 30.5 Å². The first kappa shape index (κ1) is 31.5. The molecule has 0 saturated carbocycles. The first-order chi connectivity index (χ1) is 17.7. The van der Waals surface area contributed by atoms with Crippen LogP contribution in [0, 0.1) is 0 Å². The average Bonchev–Trinajstić information content (AvgIpc) is 3.55. The van der Waals surface area contributed by atoms with Crippen LogP contribution in [0.15, 0.2) is 45.6 Å². The predicted octanol–water partition coefficient (Wildman–Crippen LogP) is 3.49. The number of amidine groups is 1. The topological polar surface area (TPSA) is 119 Å². The number of rotatable bonds is 10. The number of benzene rings is 1. The number of nitrogens with zero attached hydrogens (tertiary/aromatic N) is 3. The summed E-state index contributed by atoms with van der Waals surface area (Å²) in [5, 5.41) is 10.4. The number of likely N-dealkylation sites (N-methyl/N-ethyl adjacent to an activating group) is 1. The molecule has 0 unspecified atom stereocenters. The molecule has 0 saturated heterocycles. The number of carbonyl (C=O) groups is 2. The molecule has 0 bridgehead atoms. The number of hydrogen-bond acceptors (Lipinski definition) is 7. The minimum Gasteiger partial charge on any atom is -0.475 e. The summed E-state index contributed by atoms with van der Waals surface area (Å²) in [6, 6.07) is 11.3. The molecule has 2 heterocycles. The SMILES string of the molecule is CN(CCc1ccc(C2=NCCN2)cc1)C(=O)CCCN(C)S(=O)(=O)c1ccc(Cl)s1.O=C(O)C(F)(F)F. The Morgan fingerprint density at radius 1 is 1.13 bits per heavy atom. The van der Waals surface area contributed by atoms with Crippen LogP contribution in [0.25, 0.3) is 0 Å². The lowest BCUT2D eigenvalue weighted by molar-refractivity contribution is -0.192. The van der Waals surface area contributed by atoms with Gasteiger partial charge in [-0.15, -0.1) is 11.3 Å². The quantitative estimate of drug-likeness (QED) is 0.433. The van der Waals surface area contributed by atoms with Gasteiger partial charge in [-0.2, -0.15) is 13.2 Å². The minimum atomic E-state index is -5.08. The Morgan fingerprint density at radius 3 is 2.26 bits per heavy atom. The monoisotopic (exact) mass is 596 g/mol. The number of alkyl halides is 3. The summed E-state index contributed by atoms with van der Waals surface area (Å²) in [5.41, 5.74) is 2.23. The lowest BCUT2D eigenvalue weighted by Crippen LogP contribution is -2.31. The van der Waals surface area contributed by atoms with E-state index in [1.807, 2.05) is 12.1 Å². The van der Waals surface area contributed by atoms with E-state index < -0.39 is 22.2 Å². The van der Waals surface area contributed by atoms with E-state index in [0.717, 1.165) is 47.8 Å². The van der Waals surface area contributed by atoms with E-state index in [0.29, 0.717) is 23.7 Å². The molecule has 2 N–H and O–H groups in total. The molecular formula is C23H28ClF3N4O5S2. The van der Waals surface area contributed by atoms with Gasteiger partial charge in [-0.3, -0.25) is 9.79 Å². The van der Waals surface area contributed by atoms with Crippen molar-refractivity contribution in [3.63, 3.8) is 0 Å². The van der Waals surface area contributed by atoms with E-state index in [2.05, 4.69) is 22.4 Å². The van der Waals surface area contributed by atoms with Gasteiger partial charge < -0.3 is 15.3 Å². The molecule has 1 aliphatic heterocycles. The zero-order chi connectivity index (χ0) is 28.5. The molecule has 2 aromatic rings. The second-order valence-electron chi connectivity index (χ2n) is 8.21. The summed E-state index contributed by atoms with van der Waals surface area (Å²) in [5.74, 6) is -1.81. The van der Waals surface area contributed by atoms with Crippen LogP contribution < -0.4 is 5.32 Å². The molecular weight excluding hydrogens is 569 g/mol. The van der Waals surface area contributed by atoms with Gasteiger partial charge in [-0.1, -0.05) is 35.9 Å². The fraction of sp³-hybridized carbons (Fsp3) is 0.435. The number of aliphatic carboxylic acids is 1. The van der Waals surface area contributed by atoms with E-state index in [1.54, 1.807) is 18.0 Å². The summed E-state index contributed by atoms with van der Waals surface area (Å²) in [4.78, 5) is 27.4. The molecule has 1 aromatic heterocycles. The van der Waals surface area contributed by atoms with Crippen molar-refractivity contribution in [2.75, 3.05) is 40.3 Å². The Labute approximate surface area is 228 Å². The summed E-state index contributed by atoms with van der Waals surface area (Å²) in [7, 11) is -0.262. The Hall–Kier alpha value is -2.68. The summed E-state index contributed by atoms with van der Waals surface area (Å²) < 4.78 is 58.6. The summed E-state index contributed by atoms with van der Waals surface area (Å²) in [6.07, 6.45) is -3.57. The third-order valence-corrected chi connectivity index (χ3v) is 8.94. The van der Waals surface area contributed by atoms with Crippen molar-refractivity contribution in [2.45, 2.75) is 29.6 Å². The zero-order valence-corrected chi connectivity index (χ0v) is 23.1. The third kappa shape index (κ3) is 9.57. The molecule has 1 aliphatic rings. The molecule has 0 aliphatic carbocycles. The van der Waals surface area contributed by atoms with Crippen LogP contribution in [0.5, 0.6) is 0 Å². The Bertz CT molecular complexity index is 1230. The Balaban J connectivity index is 0.000000638. The number of carboxylic acids is 1. The van der Waals surface area contributed by atoms with Crippen molar-refractivity contribution in [2.24, 2.45) is 4.99 Å². The molecule has 0 spiro atoms. The number of hydrogen-bond donors (Lipinski definition) is 2. The molecule has 210 valence electrons. The van der Waals surface area contributed by atoms with Gasteiger partial charge >= 0.3 is 12.1 Å². The summed E-state index contributed by atoms with van der Waals surface area (Å²) in [6.45, 7) is 2.58. The molecule has 9 nitrogen and oxygen atoms in total. The number of aliphatic imine (C=N–C) groups is 1. The molecule has 0 atom stereocenters. The minimum absolute atomic E-state index is 0.00565. The third-order valence-electron chi connectivity index (χ3n) is 5.38. The highest BCUT2D eigenvalue weighted by Gasteiger charge is 2.38. The van der Waals surface area contributed by atoms with Crippen molar-refractivity contribution in [3.05, 3.63) is 51.9 Å². The molecule has 38 heavy (non-hydrogen) atoms. The van der Waals surface area contributed by atoms with Crippen molar-refractivity contribution < 1.29 is 36.3 Å². The first-order valence-electron chi connectivity index (χ1n) is 11.3. The zero-order valence-electron chi connectivity index (χ0n) is 20.7. The smallest absolute Gasteiger partial charge is 0.475 e. The highest BCUT2D eigenvalue weighted by Crippen LogP contribution is 2.27. The maximum atomic E-state index is 12.5. The van der Waals surface area contributed by atoms with Gasteiger partial charge in [-0.25, -0.2) is 17.5 Å². The highest BCUT2D eigenvalue weighted by atomic mass is 35.5. The van der Waals surface area contributed by atoms with Gasteiger partial charge in [0.25, 0.3) is 10.0 Å². The number of amides is 1. The van der Waals surface area contributed by atoms with Crippen LogP contribution in [0.2, 0.25) is 4.34 Å². The molecule has 0 fully saturated rings. The van der Waals surface area contributed by atoms with Crippen molar-refractivity contribution in [1.82, 2.24) is 14.5 Å². The van der Waals surface area contributed by atoms with Gasteiger partial charge in [0.2, 0.25) is 5.91 Å². The van der Waals surface area contributed by atoms with Crippen molar-refractivity contribution in [3.8, 4) is 0 Å². The van der Waals surface area contributed by atoms with Crippen molar-refractivity contribution >= 4 is 50.7 Å². The maximum absolute atomic E-state index is 12.5. The normalized spacial score (nSPS) is 13.4. The average molecular weight is 597 g/mol. The number of carbonyl (C=O) groups excluding carboxylic acids is 1. The van der Waals surface area contributed by atoms with E-state index in [9.17, 15) is 26.4 Å². The molecule has 3 rings (SSSR count). The van der Waals surface area contributed by atoms with Crippen LogP contribution in [0.1, 0.15) is 24.0 Å². The maximum Gasteiger partial charge on any atom is 0.490 e. The second kappa shape index (κ2) is 13.9. The van der Waals surface area contributed by atoms with Gasteiger partial charge in [0, 0.05) is 45.7 Å². The van der Waals surface area contributed by atoms with Crippen LogP contribution in [0.3, 0.4) is 0 Å². The molecule has 1 amide bonds. The first-order valence-corrected chi connectivity index (χ1v) is 14.0. The van der Waals surface area contributed by atoms with E-state index in [4.69, 9.17) is 21.5 Å². The van der Waals surface area contributed by atoms with Crippen LogP contribution in [0.4, 0.5) is 13.2 Å². The number of nitrogens with one attached hydrogen (secondary N) is 1. The molecule has 15 heteroatoms. The second-order valence-corrected chi connectivity index (χ2v) is 12.2. The van der Waals surface area contributed by atoms with Gasteiger partial charge in [0.15, 0.2) is 0 Å². The van der Waals surface area contributed by atoms with Crippen LogP contribution in [-0.2, 0) is 26.0 Å². The van der Waals surface area contributed by atoms with Crippen LogP contribution >= 0.6 is 22.9 Å². The molecule has 1 aromatic carbocycles. The molecule has 0 radical (unpaired) electrons. The Kier molecular flexibility index (Phi) is 11.6. The van der Waals surface area contributed by atoms with E-state index in [-0.39, 0.29) is 16.7 Å². The number of carboxylic acid groups (broad SMARTS) is 1. The fourth-order valence-electron chi connectivity index (χ4n) is 3.20. The lowest BCUT2D eigenvalue weighted by Gasteiger charge is -2.19. The van der Waals surface area contributed by atoms with Gasteiger partial charge in [0.1, 0.15) is 10.0 Å². The van der Waals surface area contributed by atoms with E-state index >= 15 is 0 Å². The number of thiophene rings is 1. The fourth-order valence-corrected chi connectivity index (χ4v) is 6.10. The highest BCUT2D eigenvalue weighted by molar-refractivity contribution is 7.91. The van der Waals surface area contributed by atoms with Crippen molar-refractivity contribution in [1.29, 1.82) is 0 Å². The van der Waals surface area contributed by atoms with E-state index in [1.165, 1.54) is 17.4 Å². The number of sulfonamides is 1.